The van der Waals surface area contributed by atoms with E-state index < -0.39 is 59.7 Å². The Bertz CT molecular complexity index is 7000. The van der Waals surface area contributed by atoms with Crippen LogP contribution in [-0.2, 0) is 6.42 Å². The number of rotatable bonds is 26. The number of anilines is 15. The molecule has 15 heterocycles. The molecule has 10 fully saturated rings. The molecule has 0 radical (unpaired) electrons. The maximum Gasteiger partial charge on any atom is 0.233 e. The first kappa shape index (κ1) is 97.8. The molecule has 0 amide bonds. The van der Waals surface area contributed by atoms with Crippen molar-refractivity contribution in [2.24, 2.45) is 0 Å². The average molecular weight is 2040 g/mol. The van der Waals surface area contributed by atoms with Crippen LogP contribution in [0.4, 0.5) is 132 Å². The van der Waals surface area contributed by atoms with E-state index in [9.17, 15) is 43.9 Å². The summed E-state index contributed by atoms with van der Waals surface area (Å²) in [6.07, 6.45) is 13.3. The second kappa shape index (κ2) is 42.5. The molecular formula is C101H106ClF10N35. The third-order valence-corrected chi connectivity index (χ3v) is 27.4. The summed E-state index contributed by atoms with van der Waals surface area (Å²) in [6.45, 7) is 10.8. The van der Waals surface area contributed by atoms with Gasteiger partial charge >= 0.3 is 0 Å². The van der Waals surface area contributed by atoms with E-state index in [0.717, 1.165) is 102 Å². The van der Waals surface area contributed by atoms with Crippen LogP contribution in [0.3, 0.4) is 0 Å². The van der Waals surface area contributed by atoms with Crippen molar-refractivity contribution in [1.29, 1.82) is 0 Å². The zero-order valence-corrected chi connectivity index (χ0v) is 81.6. The molecule has 25 rings (SSSR count). The van der Waals surface area contributed by atoms with Crippen LogP contribution >= 0.6 is 11.6 Å². The Kier molecular flexibility index (Phi) is 28.3. The molecule has 147 heavy (non-hydrogen) atoms. The van der Waals surface area contributed by atoms with Gasteiger partial charge in [0.15, 0.2) is 29.1 Å². The number of hydrogen-bond acceptors (Lipinski definition) is 30. The first-order valence-electron chi connectivity index (χ1n) is 49.6. The molecule has 35 nitrogen and oxygen atoms in total. The lowest BCUT2D eigenvalue weighted by Crippen LogP contribution is -2.27. The van der Waals surface area contributed by atoms with Crippen molar-refractivity contribution in [1.82, 2.24) is 126 Å². The van der Waals surface area contributed by atoms with Crippen LogP contribution < -0.4 is 51.1 Å². The topological polar surface area (TPSA) is 413 Å². The molecule has 0 bridgehead atoms. The van der Waals surface area contributed by atoms with Gasteiger partial charge in [0.1, 0.15) is 88.4 Å². The molecule has 46 heteroatoms. The quantitative estimate of drug-likeness (QED) is 0.0225. The fourth-order valence-electron chi connectivity index (χ4n) is 19.2. The predicted molar refractivity (Wildman–Crippen MR) is 531 cm³/mol. The standard InChI is InChI=1S/C21H24FN7.C20H20ClF2N7.C20H20F3N7.2C20H21F2N7/c1-2-18-23-20(24-19-12-16(27-28-19)13-5-6-13)26-21(25-18)29-11-3-4-17(29)14-7-9-15(22)10-8-14;2*1-10-24-19(26-18-8-16(28-29-18)11-2-3-11)27-20(25-10)30-9-13(22)7-17(30)14-5-4-12(21)6-15(14)23;1-11-23-19(25-18-9-16(27-28-18)12-2-3-12)26-20(24-11)29-10-15(22)8-17(29)13-4-6-14(21)7-5-13;1-11-23-19(25-18-10-16(27-28-18)12-4-5-12)26-20(24-11)29-8-2-3-17(29)14-9-13(21)6-7-15(14)22/h7-10,12-13,17H,2-6,11H2,1H3,(H2,23,24,25,26,27,28);2*4-6,8,11,13,17H,2-3,7,9H2,1H3,(H2,24,25,26,27,28,29);4-7,9,12,15,17H,2-3,8,10H2,1H3,(H2,23,24,25,26,27,28);6-7,9-10,12,17H,2-5,8H2,1H3,(H2,23,24,25,26,27,28). The van der Waals surface area contributed by atoms with Crippen molar-refractivity contribution >= 4 is 100 Å². The van der Waals surface area contributed by atoms with E-state index in [1.165, 1.54) is 106 Å². The van der Waals surface area contributed by atoms with Crippen molar-refractivity contribution in [2.75, 3.05) is 83.8 Å². The van der Waals surface area contributed by atoms with Gasteiger partial charge in [-0.25, -0.2) is 43.9 Å². The Labute approximate surface area is 842 Å². The maximum absolute atomic E-state index is 14.5. The lowest BCUT2D eigenvalue weighted by atomic mass is 10.0. The number of hydrogen-bond donors (Lipinski definition) is 10. The Balaban J connectivity index is 0.000000108. The zero-order valence-electron chi connectivity index (χ0n) is 80.8. The first-order chi connectivity index (χ1) is 71.2. The highest BCUT2D eigenvalue weighted by molar-refractivity contribution is 6.30. The normalized spacial score (nSPS) is 20.4. The van der Waals surface area contributed by atoms with E-state index in [4.69, 9.17) is 11.6 Å². The fraction of sp³-hybridized carbons (Fsp3) is 0.406. The summed E-state index contributed by atoms with van der Waals surface area (Å²) in [6, 6.07) is 32.4. The number of benzene rings is 5. The molecule has 10 aromatic heterocycles. The molecule has 0 spiro atoms. The highest BCUT2D eigenvalue weighted by Gasteiger charge is 2.42. The van der Waals surface area contributed by atoms with Gasteiger partial charge in [-0.3, -0.25) is 25.5 Å². The van der Waals surface area contributed by atoms with Crippen molar-refractivity contribution in [3.8, 4) is 0 Å². The third-order valence-electron chi connectivity index (χ3n) is 27.2. The van der Waals surface area contributed by atoms with Gasteiger partial charge in [-0.2, -0.15) is 100 Å². The lowest BCUT2D eigenvalue weighted by Gasteiger charge is -2.25. The molecule has 8 atom stereocenters. The first-order valence-corrected chi connectivity index (χ1v) is 50.0. The number of alkyl halides is 3. The van der Waals surface area contributed by atoms with Gasteiger partial charge in [0.25, 0.3) is 0 Å². The van der Waals surface area contributed by atoms with Gasteiger partial charge in [-0.1, -0.05) is 54.9 Å². The summed E-state index contributed by atoms with van der Waals surface area (Å²) < 4.78 is 140. The number of aromatic nitrogens is 25. The van der Waals surface area contributed by atoms with E-state index in [0.29, 0.717) is 166 Å². The Morgan fingerprint density at radius 3 is 0.986 bits per heavy atom. The number of nitrogens with zero attached hydrogens (tertiary/aromatic N) is 25. The molecule has 10 aliphatic rings. The van der Waals surface area contributed by atoms with Gasteiger partial charge in [-0.05, 0) is 189 Å². The van der Waals surface area contributed by atoms with Crippen LogP contribution in [0.1, 0.15) is 261 Å². The molecule has 5 aliphatic heterocycles. The van der Waals surface area contributed by atoms with Gasteiger partial charge < -0.3 is 51.1 Å². The summed E-state index contributed by atoms with van der Waals surface area (Å²) in [5.74, 6) is 9.32. The summed E-state index contributed by atoms with van der Waals surface area (Å²) in [4.78, 5) is 75.9. The Morgan fingerprint density at radius 2 is 0.612 bits per heavy atom. The van der Waals surface area contributed by atoms with Crippen LogP contribution in [0, 0.1) is 68.4 Å². The Morgan fingerprint density at radius 1 is 0.299 bits per heavy atom. The molecule has 10 N–H and O–H groups in total. The van der Waals surface area contributed by atoms with Crippen LogP contribution in [0.2, 0.25) is 5.02 Å². The summed E-state index contributed by atoms with van der Waals surface area (Å²) in [7, 11) is 0. The van der Waals surface area contributed by atoms with E-state index >= 15 is 0 Å². The summed E-state index contributed by atoms with van der Waals surface area (Å²) in [5.41, 5.74) is 8.36. The van der Waals surface area contributed by atoms with E-state index in [2.05, 4.69) is 157 Å². The van der Waals surface area contributed by atoms with Crippen LogP contribution in [0.5, 0.6) is 0 Å². The van der Waals surface area contributed by atoms with Gasteiger partial charge in [0.05, 0.1) is 49.8 Å². The monoisotopic (exact) mass is 2030 g/mol. The molecular weight excluding hydrogens is 1930 g/mol. The second-order valence-corrected chi connectivity index (χ2v) is 39.0. The maximum atomic E-state index is 14.5. The van der Waals surface area contributed by atoms with Crippen LogP contribution in [-0.4, -0.2) is 177 Å². The van der Waals surface area contributed by atoms with E-state index in [1.54, 1.807) is 61.8 Å². The van der Waals surface area contributed by atoms with Gasteiger partial charge in [0.2, 0.25) is 59.5 Å². The third kappa shape index (κ3) is 23.8. The minimum absolute atomic E-state index is 0.0125. The summed E-state index contributed by atoms with van der Waals surface area (Å²) in [5, 5.41) is 52.4. The second-order valence-electron chi connectivity index (χ2n) is 38.6. The zero-order chi connectivity index (χ0) is 101. The number of halogens is 11. The lowest BCUT2D eigenvalue weighted by molar-refractivity contribution is 0.355. The number of aryl methyl sites for hydroxylation is 5. The molecule has 5 saturated carbocycles. The predicted octanol–water partition coefficient (Wildman–Crippen LogP) is 21.1. The largest absolute Gasteiger partial charge is 0.334 e. The average Bonchev–Trinajstić information content (AvgIpc) is 1.64. The van der Waals surface area contributed by atoms with Crippen molar-refractivity contribution in [3.05, 3.63) is 265 Å². The van der Waals surface area contributed by atoms with Crippen LogP contribution in [0.15, 0.2) is 133 Å². The van der Waals surface area contributed by atoms with Crippen molar-refractivity contribution < 1.29 is 43.9 Å². The van der Waals surface area contributed by atoms with Crippen molar-refractivity contribution in [2.45, 2.75) is 229 Å². The Hall–Kier alpha value is -15.2. The molecule has 5 aliphatic carbocycles. The van der Waals surface area contributed by atoms with Gasteiger partial charge in [0, 0.05) is 155 Å². The highest BCUT2D eigenvalue weighted by atomic mass is 35.5. The number of H-pyrrole nitrogens is 5. The fourth-order valence-corrected chi connectivity index (χ4v) is 19.4. The van der Waals surface area contributed by atoms with E-state index in [1.807, 2.05) is 59.2 Å². The highest BCUT2D eigenvalue weighted by Crippen LogP contribution is 2.48. The molecule has 15 aromatic rings. The smallest absolute Gasteiger partial charge is 0.233 e. The van der Waals surface area contributed by atoms with Crippen LogP contribution in [0.25, 0.3) is 0 Å². The van der Waals surface area contributed by atoms with Crippen molar-refractivity contribution in [3.63, 3.8) is 0 Å². The number of aromatic amines is 5. The molecule has 8 unspecified atom stereocenters. The summed E-state index contributed by atoms with van der Waals surface area (Å²) >= 11 is 5.87. The van der Waals surface area contributed by atoms with Gasteiger partial charge in [-0.15, -0.1) is 0 Å². The van der Waals surface area contributed by atoms with E-state index in [-0.39, 0.29) is 79.7 Å². The molecule has 762 valence electrons. The minimum Gasteiger partial charge on any atom is -0.334 e. The molecule has 5 aromatic carbocycles. The number of nitrogens with one attached hydrogen (secondary N) is 10. The minimum atomic E-state index is -1.18. The SMILES string of the molecule is CCc1nc(Nc2cc(C3CC3)[nH]n2)nc(N2CCCC2c2ccc(F)cc2)n1.Cc1nc(Nc2cc(C3CC3)[nH]n2)nc(N2CC(F)CC2c2ccc(Cl)cc2F)n1.Cc1nc(Nc2cc(C3CC3)[nH]n2)nc(N2CC(F)CC2c2ccc(F)cc2)n1.Cc1nc(Nc2cc(C3CC3)[nH]n2)nc(N2CC(F)CC2c2ccc(F)cc2F)n1.Cc1nc(Nc2cc(C3CC3)[nH]n2)nc(N2CCCC2c2cc(F)ccc2F)n1. The molecule has 5 saturated heterocycles.